The molecule has 2 aromatic rings. The molecule has 0 N–H and O–H groups in total. The minimum absolute atomic E-state index is 0.308. The van der Waals surface area contributed by atoms with Crippen LogP contribution in [0.25, 0.3) is 0 Å². The van der Waals surface area contributed by atoms with Crippen molar-refractivity contribution >= 4 is 10.0 Å². The predicted molar refractivity (Wildman–Crippen MR) is 120 cm³/mol. The molecule has 0 amide bonds. The van der Waals surface area contributed by atoms with Gasteiger partial charge in [-0.1, -0.05) is 63.9 Å². The van der Waals surface area contributed by atoms with Crippen LogP contribution < -0.4 is 0 Å². The lowest BCUT2D eigenvalue weighted by Crippen LogP contribution is -2.39. The fraction of sp³-hybridized carbons (Fsp3) is 0.625. The molecule has 0 radical (unpaired) electrons. The highest BCUT2D eigenvalue weighted by Crippen LogP contribution is 2.35. The summed E-state index contributed by atoms with van der Waals surface area (Å²) >= 11 is 0. The predicted octanol–water partition coefficient (Wildman–Crippen LogP) is 4.94. The molecule has 164 valence electrons. The normalized spacial score (nSPS) is 20.1. The highest BCUT2D eigenvalue weighted by molar-refractivity contribution is 7.89. The van der Waals surface area contributed by atoms with Crippen LogP contribution >= 0.6 is 0 Å². The molecule has 1 saturated heterocycles. The Bertz CT molecular complexity index is 946. The van der Waals surface area contributed by atoms with Crippen LogP contribution in [0.5, 0.6) is 0 Å². The van der Waals surface area contributed by atoms with Crippen molar-refractivity contribution in [2.24, 2.45) is 5.92 Å². The van der Waals surface area contributed by atoms with E-state index in [2.05, 4.69) is 45.0 Å². The van der Waals surface area contributed by atoms with Crippen molar-refractivity contribution in [2.45, 2.75) is 82.1 Å². The molecule has 1 aromatic heterocycles. The molecule has 30 heavy (non-hydrogen) atoms. The lowest BCUT2D eigenvalue weighted by Gasteiger charge is -2.31. The second-order valence-electron chi connectivity index (χ2n) is 10.0. The highest BCUT2D eigenvalue weighted by atomic mass is 32.2. The Labute approximate surface area is 181 Å². The fourth-order valence-corrected chi connectivity index (χ4v) is 6.68. The molecular formula is C24H35N3O2S. The van der Waals surface area contributed by atoms with Crippen molar-refractivity contribution in [1.29, 1.82) is 0 Å². The Morgan fingerprint density at radius 3 is 2.23 bits per heavy atom. The number of aromatic nitrogens is 2. The van der Waals surface area contributed by atoms with E-state index in [0.717, 1.165) is 32.1 Å². The van der Waals surface area contributed by atoms with Crippen LogP contribution in [0.2, 0.25) is 0 Å². The summed E-state index contributed by atoms with van der Waals surface area (Å²) in [7, 11) is -3.53. The molecule has 0 bridgehead atoms. The summed E-state index contributed by atoms with van der Waals surface area (Å²) in [5.74, 6) is 0.544. The summed E-state index contributed by atoms with van der Waals surface area (Å²) in [4.78, 5) is 0.420. The van der Waals surface area contributed by atoms with Gasteiger partial charge in [0.1, 0.15) is 4.90 Å². The monoisotopic (exact) mass is 429 g/mol. The third kappa shape index (κ3) is 4.50. The van der Waals surface area contributed by atoms with Crippen LogP contribution in [0, 0.1) is 5.92 Å². The second kappa shape index (κ2) is 8.46. The number of rotatable bonds is 5. The molecule has 1 saturated carbocycles. The first-order valence-electron chi connectivity index (χ1n) is 11.4. The maximum absolute atomic E-state index is 13.6. The number of hydrogen-bond acceptors (Lipinski definition) is 3. The Hall–Kier alpha value is -1.66. The first-order valence-corrected chi connectivity index (χ1v) is 12.8. The van der Waals surface area contributed by atoms with Gasteiger partial charge in [0, 0.05) is 24.7 Å². The van der Waals surface area contributed by atoms with E-state index in [0.29, 0.717) is 35.6 Å². The first-order chi connectivity index (χ1) is 14.2. The molecule has 1 aliphatic carbocycles. The minimum atomic E-state index is -3.53. The van der Waals surface area contributed by atoms with Gasteiger partial charge in [-0.05, 0) is 43.6 Å². The van der Waals surface area contributed by atoms with Crippen molar-refractivity contribution in [2.75, 3.05) is 13.1 Å². The van der Waals surface area contributed by atoms with E-state index in [-0.39, 0.29) is 5.41 Å². The zero-order valence-electron chi connectivity index (χ0n) is 18.5. The Morgan fingerprint density at radius 1 is 1.00 bits per heavy atom. The van der Waals surface area contributed by atoms with Gasteiger partial charge in [-0.15, -0.1) is 0 Å². The molecule has 2 aliphatic rings. The Kier molecular flexibility index (Phi) is 6.08. The van der Waals surface area contributed by atoms with Gasteiger partial charge in [0.15, 0.2) is 0 Å². The quantitative estimate of drug-likeness (QED) is 0.676. The van der Waals surface area contributed by atoms with Gasteiger partial charge in [-0.3, -0.25) is 4.68 Å². The van der Waals surface area contributed by atoms with E-state index >= 15 is 0 Å². The Morgan fingerprint density at radius 2 is 1.63 bits per heavy atom. The van der Waals surface area contributed by atoms with Crippen molar-refractivity contribution in [3.05, 3.63) is 47.8 Å². The maximum Gasteiger partial charge on any atom is 0.246 e. The third-order valence-electron chi connectivity index (χ3n) is 6.67. The van der Waals surface area contributed by atoms with E-state index < -0.39 is 10.0 Å². The van der Waals surface area contributed by atoms with E-state index in [1.54, 1.807) is 4.31 Å². The number of sulfonamides is 1. The van der Waals surface area contributed by atoms with Crippen molar-refractivity contribution < 1.29 is 8.42 Å². The van der Waals surface area contributed by atoms with Crippen LogP contribution in [-0.2, 0) is 21.9 Å². The van der Waals surface area contributed by atoms with Crippen molar-refractivity contribution in [1.82, 2.24) is 14.1 Å². The molecule has 0 atom stereocenters. The largest absolute Gasteiger partial charge is 0.268 e. The van der Waals surface area contributed by atoms with E-state index in [1.165, 1.54) is 18.4 Å². The lowest BCUT2D eigenvalue weighted by atomic mass is 9.91. The molecule has 1 aromatic carbocycles. The molecule has 5 nitrogen and oxygen atoms in total. The van der Waals surface area contributed by atoms with Crippen LogP contribution in [-0.4, -0.2) is 35.6 Å². The zero-order valence-corrected chi connectivity index (χ0v) is 19.4. The van der Waals surface area contributed by atoms with Gasteiger partial charge in [-0.25, -0.2) is 8.42 Å². The summed E-state index contributed by atoms with van der Waals surface area (Å²) < 4.78 is 30.9. The maximum atomic E-state index is 13.6. The average Bonchev–Trinajstić information content (AvgIpc) is 3.39. The van der Waals surface area contributed by atoms with Gasteiger partial charge in [0.25, 0.3) is 0 Å². The van der Waals surface area contributed by atoms with Gasteiger partial charge >= 0.3 is 0 Å². The van der Waals surface area contributed by atoms with Crippen LogP contribution in [0.4, 0.5) is 0 Å². The van der Waals surface area contributed by atoms with Crippen molar-refractivity contribution in [3.8, 4) is 0 Å². The molecule has 4 rings (SSSR count). The average molecular weight is 430 g/mol. The summed E-state index contributed by atoms with van der Waals surface area (Å²) in [6.45, 7) is 7.36. The summed E-state index contributed by atoms with van der Waals surface area (Å²) in [6.07, 6.45) is 9.26. The van der Waals surface area contributed by atoms with E-state index in [4.69, 9.17) is 5.10 Å². The van der Waals surface area contributed by atoms with Gasteiger partial charge in [0.05, 0.1) is 11.7 Å². The SMILES string of the molecule is CC(C)(C)c1nn(C2CCCC2)cc1S(=O)(=O)N1CCC(Cc2ccccc2)CC1. The molecule has 2 fully saturated rings. The highest BCUT2D eigenvalue weighted by Gasteiger charge is 2.36. The minimum Gasteiger partial charge on any atom is -0.268 e. The van der Waals surface area contributed by atoms with Crippen LogP contribution in [0.1, 0.15) is 76.6 Å². The van der Waals surface area contributed by atoms with Crippen LogP contribution in [0.3, 0.4) is 0 Å². The first kappa shape index (κ1) is 21.6. The molecular weight excluding hydrogens is 394 g/mol. The lowest BCUT2D eigenvalue weighted by molar-refractivity contribution is 0.272. The summed E-state index contributed by atoms with van der Waals surface area (Å²) in [5.41, 5.74) is 1.74. The van der Waals surface area contributed by atoms with Crippen molar-refractivity contribution in [3.63, 3.8) is 0 Å². The summed E-state index contributed by atoms with van der Waals surface area (Å²) in [5, 5.41) is 4.81. The van der Waals surface area contributed by atoms with Gasteiger partial charge in [0.2, 0.25) is 10.0 Å². The third-order valence-corrected chi connectivity index (χ3v) is 8.57. The van der Waals surface area contributed by atoms with Gasteiger partial charge < -0.3 is 0 Å². The molecule has 6 heteroatoms. The standard InChI is InChI=1S/C24H35N3O2S/c1-24(2,3)23-22(18-27(25-23)21-11-7-8-12-21)30(28,29)26-15-13-20(14-16-26)17-19-9-5-4-6-10-19/h4-6,9-10,18,20-21H,7-8,11-17H2,1-3H3. The topological polar surface area (TPSA) is 55.2 Å². The van der Waals surface area contributed by atoms with Gasteiger partial charge in [-0.2, -0.15) is 9.40 Å². The molecule has 2 heterocycles. The second-order valence-corrected chi connectivity index (χ2v) is 12.0. The number of hydrogen-bond donors (Lipinski definition) is 0. The van der Waals surface area contributed by atoms with E-state index in [9.17, 15) is 8.42 Å². The molecule has 0 unspecified atom stereocenters. The fourth-order valence-electron chi connectivity index (χ4n) is 4.88. The number of piperidine rings is 1. The number of benzene rings is 1. The smallest absolute Gasteiger partial charge is 0.246 e. The number of nitrogens with zero attached hydrogens (tertiary/aromatic N) is 3. The van der Waals surface area contributed by atoms with E-state index in [1.807, 2.05) is 16.9 Å². The molecule has 0 spiro atoms. The summed E-state index contributed by atoms with van der Waals surface area (Å²) in [6, 6.07) is 10.9. The molecule has 1 aliphatic heterocycles. The Balaban J connectivity index is 1.52. The van der Waals surface area contributed by atoms with Crippen LogP contribution in [0.15, 0.2) is 41.4 Å². The zero-order chi connectivity index (χ0) is 21.4.